The van der Waals surface area contributed by atoms with Crippen LogP contribution in [0.15, 0.2) is 18.2 Å². The molecule has 0 atom stereocenters. The zero-order chi connectivity index (χ0) is 13.2. The summed E-state index contributed by atoms with van der Waals surface area (Å²) in [5.74, 6) is 0. The molecule has 5 heteroatoms. The number of hydrogen-bond acceptors (Lipinski definition) is 3. The lowest BCUT2D eigenvalue weighted by atomic mass is 10.2. The van der Waals surface area contributed by atoms with Crippen LogP contribution >= 0.6 is 11.3 Å². The van der Waals surface area contributed by atoms with Gasteiger partial charge in [-0.05, 0) is 37.5 Å². The van der Waals surface area contributed by atoms with Crippen molar-refractivity contribution in [1.29, 1.82) is 0 Å². The van der Waals surface area contributed by atoms with Crippen molar-refractivity contribution < 1.29 is 4.79 Å². The minimum absolute atomic E-state index is 0.136. The zero-order valence-electron chi connectivity index (χ0n) is 10.9. The Hall–Kier alpha value is -1.62. The van der Waals surface area contributed by atoms with Gasteiger partial charge in [0.05, 0.1) is 10.2 Å². The van der Waals surface area contributed by atoms with Crippen LogP contribution < -0.4 is 10.6 Å². The molecule has 0 aliphatic heterocycles. The molecule has 0 bridgehead atoms. The van der Waals surface area contributed by atoms with E-state index in [2.05, 4.69) is 28.6 Å². The molecule has 2 N–H and O–H groups in total. The van der Waals surface area contributed by atoms with Crippen LogP contribution in [0.1, 0.15) is 31.2 Å². The van der Waals surface area contributed by atoms with Crippen LogP contribution in [0.25, 0.3) is 10.2 Å². The predicted octanol–water partition coefficient (Wildman–Crippen LogP) is 3.67. The minimum Gasteiger partial charge on any atom is -0.335 e. The van der Waals surface area contributed by atoms with Gasteiger partial charge >= 0.3 is 6.03 Å². The molecule has 2 aromatic rings. The maximum atomic E-state index is 11.9. The van der Waals surface area contributed by atoms with E-state index in [0.717, 1.165) is 23.1 Å². The van der Waals surface area contributed by atoms with Gasteiger partial charge in [-0.15, -0.1) is 0 Å². The topological polar surface area (TPSA) is 54.0 Å². The molecule has 3 rings (SSSR count). The van der Waals surface area contributed by atoms with Crippen LogP contribution in [0.5, 0.6) is 0 Å². The lowest BCUT2D eigenvalue weighted by Gasteiger charge is -2.11. The van der Waals surface area contributed by atoms with Crippen LogP contribution in [0.2, 0.25) is 0 Å². The Bertz CT molecular complexity index is 602. The van der Waals surface area contributed by atoms with Gasteiger partial charge in [-0.25, -0.2) is 9.78 Å². The number of nitrogens with zero attached hydrogens (tertiary/aromatic N) is 1. The molecule has 19 heavy (non-hydrogen) atoms. The summed E-state index contributed by atoms with van der Waals surface area (Å²) in [7, 11) is 0. The van der Waals surface area contributed by atoms with Crippen molar-refractivity contribution in [3.63, 3.8) is 0 Å². The average molecular weight is 275 g/mol. The third-order valence-corrected chi connectivity index (χ3v) is 4.39. The second-order valence-electron chi connectivity index (χ2n) is 5.07. The summed E-state index contributed by atoms with van der Waals surface area (Å²) < 4.78 is 1.11. The van der Waals surface area contributed by atoms with E-state index in [-0.39, 0.29) is 6.03 Å². The second kappa shape index (κ2) is 5.17. The largest absolute Gasteiger partial charge is 0.335 e. The summed E-state index contributed by atoms with van der Waals surface area (Å²) in [5, 5.41) is 6.50. The number of carbonyl (C=O) groups is 1. The van der Waals surface area contributed by atoms with E-state index in [1.54, 1.807) is 0 Å². The molecule has 4 nitrogen and oxygen atoms in total. The number of aryl methyl sites for hydroxylation is 1. The number of fused-ring (bicyclic) bond motifs is 1. The van der Waals surface area contributed by atoms with Crippen molar-refractivity contribution in [2.45, 2.75) is 38.6 Å². The molecule has 100 valence electrons. The normalized spacial score (nSPS) is 15.8. The van der Waals surface area contributed by atoms with Crippen molar-refractivity contribution in [2.75, 3.05) is 5.32 Å². The van der Waals surface area contributed by atoms with E-state index < -0.39 is 0 Å². The van der Waals surface area contributed by atoms with Crippen molar-refractivity contribution in [3.8, 4) is 0 Å². The molecule has 1 saturated carbocycles. The zero-order valence-corrected chi connectivity index (χ0v) is 11.7. The van der Waals surface area contributed by atoms with Crippen molar-refractivity contribution in [1.82, 2.24) is 10.3 Å². The molecular weight excluding hydrogens is 258 g/mol. The summed E-state index contributed by atoms with van der Waals surface area (Å²) in [6.07, 6.45) is 4.61. The number of benzene rings is 1. The van der Waals surface area contributed by atoms with Crippen LogP contribution in [0.4, 0.5) is 9.93 Å². The van der Waals surface area contributed by atoms with E-state index in [9.17, 15) is 4.79 Å². The minimum atomic E-state index is -0.136. The summed E-state index contributed by atoms with van der Waals surface area (Å²) >= 11 is 1.51. The summed E-state index contributed by atoms with van der Waals surface area (Å²) in [4.78, 5) is 16.3. The summed E-state index contributed by atoms with van der Waals surface area (Å²) in [5.41, 5.74) is 2.14. The number of thiazole rings is 1. The van der Waals surface area contributed by atoms with E-state index >= 15 is 0 Å². The SMILES string of the molecule is Cc1ccc2nc(NC(=O)NC3CCCC3)sc2c1. The van der Waals surface area contributed by atoms with E-state index in [4.69, 9.17) is 0 Å². The third kappa shape index (κ3) is 2.87. The second-order valence-corrected chi connectivity index (χ2v) is 6.10. The molecule has 0 saturated heterocycles. The van der Waals surface area contributed by atoms with Gasteiger partial charge in [0, 0.05) is 6.04 Å². The number of rotatable bonds is 2. The van der Waals surface area contributed by atoms with Crippen molar-refractivity contribution >= 4 is 32.7 Å². The number of aromatic nitrogens is 1. The third-order valence-electron chi connectivity index (χ3n) is 3.45. The van der Waals surface area contributed by atoms with Gasteiger partial charge in [-0.1, -0.05) is 30.2 Å². The molecule has 1 fully saturated rings. The van der Waals surface area contributed by atoms with Crippen LogP contribution in [0, 0.1) is 6.92 Å². The number of carbonyl (C=O) groups excluding carboxylic acids is 1. The smallest absolute Gasteiger partial charge is 0.321 e. The van der Waals surface area contributed by atoms with Gasteiger partial charge in [0.25, 0.3) is 0 Å². The molecule has 1 aromatic carbocycles. The van der Waals surface area contributed by atoms with E-state index in [0.29, 0.717) is 11.2 Å². The predicted molar refractivity (Wildman–Crippen MR) is 78.8 cm³/mol. The fraction of sp³-hybridized carbons (Fsp3) is 0.429. The first-order chi connectivity index (χ1) is 9.20. The first-order valence-corrected chi connectivity index (χ1v) is 7.47. The fourth-order valence-electron chi connectivity index (χ4n) is 2.47. The lowest BCUT2D eigenvalue weighted by molar-refractivity contribution is 0.248. The summed E-state index contributed by atoms with van der Waals surface area (Å²) in [6, 6.07) is 6.30. The Labute approximate surface area is 116 Å². The molecule has 1 aromatic heterocycles. The van der Waals surface area contributed by atoms with Gasteiger partial charge in [-0.2, -0.15) is 0 Å². The average Bonchev–Trinajstić information content (AvgIpc) is 2.97. The van der Waals surface area contributed by atoms with Crippen molar-refractivity contribution in [2.24, 2.45) is 0 Å². The highest BCUT2D eigenvalue weighted by Crippen LogP contribution is 2.26. The molecule has 1 aliphatic carbocycles. The lowest BCUT2D eigenvalue weighted by Crippen LogP contribution is -2.36. The number of hydrogen-bond donors (Lipinski definition) is 2. The highest BCUT2D eigenvalue weighted by molar-refractivity contribution is 7.22. The molecule has 0 unspecified atom stereocenters. The van der Waals surface area contributed by atoms with Crippen LogP contribution in [-0.4, -0.2) is 17.1 Å². The Morgan fingerprint density at radius 2 is 2.16 bits per heavy atom. The fourth-order valence-corrected chi connectivity index (χ4v) is 3.43. The Morgan fingerprint density at radius 3 is 2.95 bits per heavy atom. The van der Waals surface area contributed by atoms with E-state index in [1.165, 1.54) is 29.7 Å². The van der Waals surface area contributed by atoms with Crippen molar-refractivity contribution in [3.05, 3.63) is 23.8 Å². The number of anilines is 1. The molecular formula is C14H17N3OS. The number of urea groups is 1. The highest BCUT2D eigenvalue weighted by Gasteiger charge is 2.17. The van der Waals surface area contributed by atoms with Gasteiger partial charge in [0.15, 0.2) is 5.13 Å². The maximum Gasteiger partial charge on any atom is 0.321 e. The van der Waals surface area contributed by atoms with E-state index in [1.807, 2.05) is 12.1 Å². The monoisotopic (exact) mass is 275 g/mol. The van der Waals surface area contributed by atoms with Crippen LogP contribution in [0.3, 0.4) is 0 Å². The molecule has 0 spiro atoms. The highest BCUT2D eigenvalue weighted by atomic mass is 32.1. The molecule has 2 amide bonds. The molecule has 1 aliphatic rings. The first-order valence-electron chi connectivity index (χ1n) is 6.65. The molecule has 0 radical (unpaired) electrons. The Kier molecular flexibility index (Phi) is 3.38. The Balaban J connectivity index is 1.68. The van der Waals surface area contributed by atoms with Gasteiger partial charge in [-0.3, -0.25) is 5.32 Å². The maximum absolute atomic E-state index is 11.9. The van der Waals surface area contributed by atoms with Gasteiger partial charge < -0.3 is 5.32 Å². The molecule has 1 heterocycles. The number of amides is 2. The van der Waals surface area contributed by atoms with Gasteiger partial charge in [0.1, 0.15) is 0 Å². The van der Waals surface area contributed by atoms with Gasteiger partial charge in [0.2, 0.25) is 0 Å². The Morgan fingerprint density at radius 1 is 1.37 bits per heavy atom. The van der Waals surface area contributed by atoms with Crippen LogP contribution in [-0.2, 0) is 0 Å². The standard InChI is InChI=1S/C14H17N3OS/c1-9-6-7-11-12(8-9)19-14(16-11)17-13(18)15-10-4-2-3-5-10/h6-8,10H,2-5H2,1H3,(H2,15,16,17,18). The quantitative estimate of drug-likeness (QED) is 0.878. The number of nitrogens with one attached hydrogen (secondary N) is 2. The summed E-state index contributed by atoms with van der Waals surface area (Å²) in [6.45, 7) is 2.05. The first kappa shape index (κ1) is 12.4.